The van der Waals surface area contributed by atoms with Gasteiger partial charge in [0.15, 0.2) is 0 Å². The second-order valence-electron chi connectivity index (χ2n) is 12.9. The van der Waals surface area contributed by atoms with Crippen LogP contribution in [0, 0.1) is 47.3 Å². The molecule has 1 aliphatic carbocycles. The van der Waals surface area contributed by atoms with Crippen LogP contribution in [-0.2, 0) is 28.9 Å². The van der Waals surface area contributed by atoms with Crippen molar-refractivity contribution in [1.82, 2.24) is 10.6 Å². The van der Waals surface area contributed by atoms with Crippen molar-refractivity contribution in [3.05, 3.63) is 125 Å². The SMILES string of the molecule is C=C(/C=C\C)[C@@H](CC#N)NC(=O)[C@H](Cc1ccc(C)cc1)C[C@@H](C#N)C[C@@H](Cc1ccc(OC)cc1)C(=O)N[C@H]1c2ccccc2C[C@H]1O. The number of hydrogen-bond acceptors (Lipinski definition) is 6. The molecule has 0 fully saturated rings. The molecule has 0 aliphatic heterocycles. The zero-order valence-corrected chi connectivity index (χ0v) is 28.6. The Morgan fingerprint density at radius 3 is 2.18 bits per heavy atom. The van der Waals surface area contributed by atoms with Gasteiger partial charge in [0, 0.05) is 24.2 Å². The minimum absolute atomic E-state index is 0.0636. The highest BCUT2D eigenvalue weighted by molar-refractivity contribution is 5.81. The summed E-state index contributed by atoms with van der Waals surface area (Å²) in [5.41, 5.74) is 5.46. The van der Waals surface area contributed by atoms with Gasteiger partial charge < -0.3 is 20.5 Å². The zero-order chi connectivity index (χ0) is 35.3. The molecule has 0 saturated carbocycles. The van der Waals surface area contributed by atoms with Crippen LogP contribution < -0.4 is 15.4 Å². The van der Waals surface area contributed by atoms with Gasteiger partial charge >= 0.3 is 0 Å². The minimum atomic E-state index is -0.754. The van der Waals surface area contributed by atoms with Crippen LogP contribution in [0.1, 0.15) is 60.0 Å². The molecular weight excluding hydrogens is 612 g/mol. The highest BCUT2D eigenvalue weighted by Gasteiger charge is 2.35. The summed E-state index contributed by atoms with van der Waals surface area (Å²) in [6.07, 6.45) is 4.53. The number of allylic oxidation sites excluding steroid dienone is 1. The van der Waals surface area contributed by atoms with Crippen LogP contribution in [0.3, 0.4) is 0 Å². The molecule has 0 unspecified atom stereocenters. The molecule has 8 nitrogen and oxygen atoms in total. The Hall–Kier alpha value is -5.18. The standard InChI is InChI=1S/C41H46N4O4/c1-5-8-28(3)37(19-20-42)44-40(47)33(21-29-13-11-27(2)12-14-29)23-31(26-43)24-34(22-30-15-17-35(49-4)18-16-30)41(48)45-39-36-10-7-6-9-32(36)25-38(39)46/h5-18,31,33-34,37-39,46H,3,19,21-25H2,1-2,4H3,(H,44,47)(H,45,48)/b8-5-/t31-,33-,34-,37-,38-,39+/m1/s1. The Morgan fingerprint density at radius 2 is 1.59 bits per heavy atom. The van der Waals surface area contributed by atoms with Crippen molar-refractivity contribution in [3.8, 4) is 17.9 Å². The van der Waals surface area contributed by atoms with Crippen LogP contribution in [0.15, 0.2) is 97.1 Å². The fourth-order valence-corrected chi connectivity index (χ4v) is 6.51. The van der Waals surface area contributed by atoms with E-state index in [1.165, 1.54) is 0 Å². The number of nitriles is 2. The van der Waals surface area contributed by atoms with Crippen LogP contribution in [0.4, 0.5) is 0 Å². The monoisotopic (exact) mass is 658 g/mol. The quantitative estimate of drug-likeness (QED) is 0.156. The predicted octanol–water partition coefficient (Wildman–Crippen LogP) is 6.25. The number of aryl methyl sites for hydroxylation is 1. The lowest BCUT2D eigenvalue weighted by Crippen LogP contribution is -2.41. The van der Waals surface area contributed by atoms with Crippen molar-refractivity contribution >= 4 is 11.8 Å². The Balaban J connectivity index is 1.60. The maximum Gasteiger partial charge on any atom is 0.224 e. The molecule has 8 heteroatoms. The van der Waals surface area contributed by atoms with Gasteiger partial charge in [0.1, 0.15) is 5.75 Å². The summed E-state index contributed by atoms with van der Waals surface area (Å²) < 4.78 is 5.31. The third-order valence-corrected chi connectivity index (χ3v) is 9.25. The molecular formula is C41H46N4O4. The van der Waals surface area contributed by atoms with E-state index in [9.17, 15) is 25.2 Å². The predicted molar refractivity (Wildman–Crippen MR) is 190 cm³/mol. The molecule has 0 bridgehead atoms. The van der Waals surface area contributed by atoms with E-state index in [1.807, 2.05) is 92.7 Å². The number of aliphatic hydroxyl groups excluding tert-OH is 1. The highest BCUT2D eigenvalue weighted by atomic mass is 16.5. The summed E-state index contributed by atoms with van der Waals surface area (Å²) in [5, 5.41) is 36.9. The first-order valence-corrected chi connectivity index (χ1v) is 16.8. The number of nitrogens with zero attached hydrogens (tertiary/aromatic N) is 2. The number of nitrogens with one attached hydrogen (secondary N) is 2. The van der Waals surface area contributed by atoms with E-state index in [4.69, 9.17) is 4.74 Å². The summed E-state index contributed by atoms with van der Waals surface area (Å²) >= 11 is 0. The zero-order valence-electron chi connectivity index (χ0n) is 28.6. The molecule has 6 atom stereocenters. The first kappa shape index (κ1) is 36.7. The van der Waals surface area contributed by atoms with Gasteiger partial charge in [0.2, 0.25) is 11.8 Å². The number of fused-ring (bicyclic) bond motifs is 1. The topological polar surface area (TPSA) is 135 Å². The van der Waals surface area contributed by atoms with Crippen LogP contribution in [0.5, 0.6) is 5.75 Å². The maximum atomic E-state index is 14.0. The summed E-state index contributed by atoms with van der Waals surface area (Å²) in [5.74, 6) is -1.67. The maximum absolute atomic E-state index is 14.0. The summed E-state index contributed by atoms with van der Waals surface area (Å²) in [7, 11) is 1.59. The van der Waals surface area contributed by atoms with Crippen LogP contribution in [0.25, 0.3) is 0 Å². The lowest BCUT2D eigenvalue weighted by Gasteiger charge is -2.26. The average molecular weight is 659 g/mol. The fraction of sp³-hybridized carbons (Fsp3) is 0.366. The molecule has 0 saturated heterocycles. The molecule has 3 aromatic rings. The van der Waals surface area contributed by atoms with E-state index in [-0.39, 0.29) is 31.1 Å². The smallest absolute Gasteiger partial charge is 0.224 e. The number of methoxy groups -OCH3 is 1. The highest BCUT2D eigenvalue weighted by Crippen LogP contribution is 2.33. The van der Waals surface area contributed by atoms with Crippen LogP contribution >= 0.6 is 0 Å². The number of aliphatic hydroxyl groups is 1. The van der Waals surface area contributed by atoms with Crippen molar-refractivity contribution < 1.29 is 19.4 Å². The van der Waals surface area contributed by atoms with Gasteiger partial charge in [-0.3, -0.25) is 9.59 Å². The molecule has 2 amide bonds. The van der Waals surface area contributed by atoms with Crippen molar-refractivity contribution in [2.45, 2.75) is 70.6 Å². The molecule has 0 radical (unpaired) electrons. The number of carbonyl (C=O) groups is 2. The number of amides is 2. The van der Waals surface area contributed by atoms with E-state index in [0.717, 1.165) is 27.8 Å². The van der Waals surface area contributed by atoms with E-state index < -0.39 is 35.9 Å². The number of hydrogen-bond donors (Lipinski definition) is 3. The van der Waals surface area contributed by atoms with Gasteiger partial charge in [-0.1, -0.05) is 85.0 Å². The molecule has 3 N–H and O–H groups in total. The molecule has 0 aromatic heterocycles. The summed E-state index contributed by atoms with van der Waals surface area (Å²) in [6.45, 7) is 7.88. The van der Waals surface area contributed by atoms with E-state index in [1.54, 1.807) is 13.2 Å². The first-order chi connectivity index (χ1) is 23.6. The van der Waals surface area contributed by atoms with E-state index in [0.29, 0.717) is 30.6 Å². The third kappa shape index (κ3) is 10.2. The molecule has 4 rings (SSSR count). The number of ether oxygens (including phenoxy) is 1. The number of rotatable bonds is 16. The Labute approximate surface area is 290 Å². The van der Waals surface area contributed by atoms with Crippen molar-refractivity contribution in [3.63, 3.8) is 0 Å². The van der Waals surface area contributed by atoms with Crippen LogP contribution in [0.2, 0.25) is 0 Å². The molecule has 1 aliphatic rings. The van der Waals surface area contributed by atoms with Gasteiger partial charge in [-0.2, -0.15) is 10.5 Å². The second-order valence-corrected chi connectivity index (χ2v) is 12.9. The largest absolute Gasteiger partial charge is 0.497 e. The molecule has 0 spiro atoms. The second kappa shape index (κ2) is 17.8. The molecule has 0 heterocycles. The molecule has 49 heavy (non-hydrogen) atoms. The Morgan fingerprint density at radius 1 is 0.980 bits per heavy atom. The van der Waals surface area contributed by atoms with Gasteiger partial charge in [0.05, 0.1) is 43.9 Å². The lowest BCUT2D eigenvalue weighted by atomic mass is 9.82. The Bertz CT molecular complexity index is 1700. The molecule has 254 valence electrons. The van der Waals surface area contributed by atoms with Gasteiger partial charge in [0.25, 0.3) is 0 Å². The van der Waals surface area contributed by atoms with Crippen molar-refractivity contribution in [1.29, 1.82) is 10.5 Å². The average Bonchev–Trinajstić information content (AvgIpc) is 3.42. The van der Waals surface area contributed by atoms with Gasteiger partial charge in [-0.15, -0.1) is 0 Å². The lowest BCUT2D eigenvalue weighted by molar-refractivity contribution is -0.127. The first-order valence-electron chi connectivity index (χ1n) is 16.8. The van der Waals surface area contributed by atoms with E-state index in [2.05, 4.69) is 29.4 Å². The van der Waals surface area contributed by atoms with Crippen molar-refractivity contribution in [2.24, 2.45) is 17.8 Å². The Kier molecular flexibility index (Phi) is 13.3. The number of benzene rings is 3. The van der Waals surface area contributed by atoms with Gasteiger partial charge in [-0.25, -0.2) is 0 Å². The minimum Gasteiger partial charge on any atom is -0.497 e. The number of carbonyl (C=O) groups excluding carboxylic acids is 2. The third-order valence-electron chi connectivity index (χ3n) is 9.25. The normalized spacial score (nSPS) is 17.5. The van der Waals surface area contributed by atoms with E-state index >= 15 is 0 Å². The van der Waals surface area contributed by atoms with Gasteiger partial charge in [-0.05, 0) is 79.5 Å². The van der Waals surface area contributed by atoms with Crippen molar-refractivity contribution in [2.75, 3.05) is 7.11 Å². The fourth-order valence-electron chi connectivity index (χ4n) is 6.51. The van der Waals surface area contributed by atoms with Crippen LogP contribution in [-0.4, -0.2) is 36.2 Å². The summed E-state index contributed by atoms with van der Waals surface area (Å²) in [4.78, 5) is 27.9. The summed E-state index contributed by atoms with van der Waals surface area (Å²) in [6, 6.07) is 26.5. The molecule has 3 aromatic carbocycles.